The zero-order chi connectivity index (χ0) is 23.4. The minimum absolute atomic E-state index is 0.00965. The van der Waals surface area contributed by atoms with Crippen molar-refractivity contribution in [1.82, 2.24) is 10.0 Å². The smallest absolute Gasteiger partial charge is 0.340 e. The van der Waals surface area contributed by atoms with Crippen LogP contribution in [0.5, 0.6) is 0 Å². The number of carbonyl (C=O) groups is 3. The fourth-order valence-corrected chi connectivity index (χ4v) is 3.92. The number of benzene rings is 2. The van der Waals surface area contributed by atoms with E-state index >= 15 is 0 Å². The van der Waals surface area contributed by atoms with Crippen LogP contribution < -0.4 is 15.5 Å². The van der Waals surface area contributed by atoms with E-state index in [1.165, 1.54) is 10.0 Å². The molecule has 0 radical (unpaired) electrons. The summed E-state index contributed by atoms with van der Waals surface area (Å²) in [5.41, 5.74) is 2.29. The summed E-state index contributed by atoms with van der Waals surface area (Å²) in [4.78, 5) is 39.2. The van der Waals surface area contributed by atoms with Crippen molar-refractivity contribution in [3.63, 3.8) is 0 Å². The van der Waals surface area contributed by atoms with Crippen molar-refractivity contribution in [2.75, 3.05) is 48.4 Å². The van der Waals surface area contributed by atoms with Crippen molar-refractivity contribution < 1.29 is 19.1 Å². The van der Waals surface area contributed by atoms with Crippen LogP contribution in [-0.4, -0.2) is 60.8 Å². The van der Waals surface area contributed by atoms with Crippen molar-refractivity contribution >= 4 is 46.6 Å². The molecule has 5 amide bonds. The Morgan fingerprint density at radius 2 is 1.61 bits per heavy atom. The molecule has 2 aromatic rings. The molecule has 0 atom stereocenters. The number of amides is 5. The quantitative estimate of drug-likeness (QED) is 0.677. The Labute approximate surface area is 196 Å². The molecule has 0 saturated carbocycles. The van der Waals surface area contributed by atoms with Crippen LogP contribution in [0.25, 0.3) is 0 Å². The normalized spacial score (nSPS) is 15.9. The third-order valence-electron chi connectivity index (χ3n) is 5.28. The average Bonchev–Trinajstić information content (AvgIpc) is 3.31. The van der Waals surface area contributed by atoms with Crippen LogP contribution >= 0.6 is 11.6 Å². The second kappa shape index (κ2) is 9.81. The van der Waals surface area contributed by atoms with Gasteiger partial charge in [-0.15, -0.1) is 6.42 Å². The van der Waals surface area contributed by atoms with E-state index < -0.39 is 12.1 Å². The largest absolute Gasteiger partial charge is 0.370 e. The van der Waals surface area contributed by atoms with Crippen LogP contribution in [0, 0.1) is 12.3 Å². The van der Waals surface area contributed by atoms with E-state index in [1.54, 1.807) is 47.4 Å². The Balaban J connectivity index is 1.40. The van der Waals surface area contributed by atoms with Gasteiger partial charge in [-0.25, -0.2) is 19.6 Å². The van der Waals surface area contributed by atoms with Crippen LogP contribution in [0.1, 0.15) is 12.0 Å². The van der Waals surface area contributed by atoms with Crippen LogP contribution in [0.2, 0.25) is 5.02 Å². The first-order valence-electron chi connectivity index (χ1n) is 10.4. The molecule has 33 heavy (non-hydrogen) atoms. The molecule has 0 bridgehead atoms. The minimum atomic E-state index is -0.461. The molecule has 0 unspecified atom stereocenters. The molecule has 10 heteroatoms. The number of ether oxygens (including phenoxy) is 1. The van der Waals surface area contributed by atoms with Crippen LogP contribution in [-0.2, 0) is 9.53 Å². The number of rotatable bonds is 3. The van der Waals surface area contributed by atoms with E-state index in [0.717, 1.165) is 0 Å². The van der Waals surface area contributed by atoms with Crippen LogP contribution in [0.4, 0.5) is 26.7 Å². The second-order valence-electron chi connectivity index (χ2n) is 7.45. The number of carbonyl (C=O) groups excluding carboxylic acids is 3. The molecule has 2 aliphatic heterocycles. The Kier molecular flexibility index (Phi) is 6.68. The molecule has 2 aromatic carbocycles. The SMILES string of the molecule is C#Cc1ccc(NC(=O)N2CCCN2C(=O)Nc2ccc(N3CCOCC3=O)c(Cl)c2)cc1. The summed E-state index contributed by atoms with van der Waals surface area (Å²) in [6, 6.07) is 10.9. The van der Waals surface area contributed by atoms with Crippen molar-refractivity contribution in [3.8, 4) is 12.3 Å². The first-order chi connectivity index (χ1) is 16.0. The molecule has 170 valence electrons. The van der Waals surface area contributed by atoms with Crippen molar-refractivity contribution in [3.05, 3.63) is 53.1 Å². The fourth-order valence-electron chi connectivity index (χ4n) is 3.64. The van der Waals surface area contributed by atoms with E-state index in [0.29, 0.717) is 60.3 Å². The molecule has 0 aliphatic carbocycles. The van der Waals surface area contributed by atoms with Crippen molar-refractivity contribution in [1.29, 1.82) is 0 Å². The number of hydrazine groups is 1. The first-order valence-corrected chi connectivity index (χ1v) is 10.8. The van der Waals surface area contributed by atoms with Gasteiger partial charge in [-0.1, -0.05) is 17.5 Å². The number of hydrogen-bond acceptors (Lipinski definition) is 4. The zero-order valence-electron chi connectivity index (χ0n) is 17.7. The van der Waals surface area contributed by atoms with Crippen LogP contribution in [0.15, 0.2) is 42.5 Å². The van der Waals surface area contributed by atoms with Gasteiger partial charge in [0.2, 0.25) is 0 Å². The number of anilines is 3. The van der Waals surface area contributed by atoms with Gasteiger partial charge in [0, 0.05) is 36.6 Å². The lowest BCUT2D eigenvalue weighted by Gasteiger charge is -2.29. The highest BCUT2D eigenvalue weighted by Crippen LogP contribution is 2.30. The van der Waals surface area contributed by atoms with E-state index in [1.807, 2.05) is 0 Å². The van der Waals surface area contributed by atoms with Gasteiger partial charge in [-0.05, 0) is 48.9 Å². The number of urea groups is 2. The molecule has 2 fully saturated rings. The summed E-state index contributed by atoms with van der Waals surface area (Å²) < 4.78 is 5.14. The Morgan fingerprint density at radius 1 is 0.970 bits per heavy atom. The number of nitrogens with zero attached hydrogens (tertiary/aromatic N) is 3. The molecule has 0 spiro atoms. The van der Waals surface area contributed by atoms with Crippen molar-refractivity contribution in [2.45, 2.75) is 6.42 Å². The Morgan fingerprint density at radius 3 is 2.21 bits per heavy atom. The molecule has 9 nitrogen and oxygen atoms in total. The summed E-state index contributed by atoms with van der Waals surface area (Å²) in [6.45, 7) is 1.65. The number of hydrogen-bond donors (Lipinski definition) is 2. The Hall–Kier alpha value is -3.74. The second-order valence-corrected chi connectivity index (χ2v) is 7.85. The standard InChI is InChI=1S/C23H22ClN5O4/c1-2-16-4-6-17(7-5-16)25-22(31)28-10-3-11-29(28)23(32)26-18-8-9-20(19(24)14-18)27-12-13-33-15-21(27)30/h1,4-9,14H,3,10-13,15H2,(H,25,31)(H,26,32). The lowest BCUT2D eigenvalue weighted by atomic mass is 10.2. The van der Waals surface area contributed by atoms with Gasteiger partial charge in [0.1, 0.15) is 6.61 Å². The number of nitrogens with one attached hydrogen (secondary N) is 2. The monoisotopic (exact) mass is 467 g/mol. The fraction of sp³-hybridized carbons (Fsp3) is 0.261. The van der Waals surface area contributed by atoms with Gasteiger partial charge in [0.15, 0.2) is 0 Å². The maximum atomic E-state index is 12.9. The molecule has 0 aromatic heterocycles. The highest BCUT2D eigenvalue weighted by Gasteiger charge is 2.31. The van der Waals surface area contributed by atoms with Gasteiger partial charge in [0.05, 0.1) is 17.3 Å². The lowest BCUT2D eigenvalue weighted by Crippen LogP contribution is -2.48. The van der Waals surface area contributed by atoms with Gasteiger partial charge in [-0.2, -0.15) is 0 Å². The predicted molar refractivity (Wildman–Crippen MR) is 125 cm³/mol. The molecular weight excluding hydrogens is 446 g/mol. The van der Waals surface area contributed by atoms with Gasteiger partial charge in [-0.3, -0.25) is 4.79 Å². The molecular formula is C23H22ClN5O4. The maximum Gasteiger partial charge on any atom is 0.340 e. The number of morpholine rings is 1. The molecule has 2 N–H and O–H groups in total. The molecule has 2 saturated heterocycles. The van der Waals surface area contributed by atoms with E-state index in [9.17, 15) is 14.4 Å². The Bertz CT molecular complexity index is 1110. The third kappa shape index (κ3) is 5.03. The third-order valence-corrected chi connectivity index (χ3v) is 5.58. The van der Waals surface area contributed by atoms with Gasteiger partial charge < -0.3 is 20.3 Å². The lowest BCUT2D eigenvalue weighted by molar-refractivity contribution is -0.125. The van der Waals surface area contributed by atoms with E-state index in [4.69, 9.17) is 22.8 Å². The average molecular weight is 468 g/mol. The minimum Gasteiger partial charge on any atom is -0.370 e. The van der Waals surface area contributed by atoms with Crippen LogP contribution in [0.3, 0.4) is 0 Å². The van der Waals surface area contributed by atoms with Gasteiger partial charge in [0.25, 0.3) is 5.91 Å². The summed E-state index contributed by atoms with van der Waals surface area (Å²) in [5, 5.41) is 8.56. The summed E-state index contributed by atoms with van der Waals surface area (Å²) in [7, 11) is 0. The zero-order valence-corrected chi connectivity index (χ0v) is 18.5. The summed E-state index contributed by atoms with van der Waals surface area (Å²) in [5.74, 6) is 2.34. The number of halogens is 1. The molecule has 2 heterocycles. The van der Waals surface area contributed by atoms with Gasteiger partial charge >= 0.3 is 12.1 Å². The predicted octanol–water partition coefficient (Wildman–Crippen LogP) is 3.37. The summed E-state index contributed by atoms with van der Waals surface area (Å²) >= 11 is 6.38. The summed E-state index contributed by atoms with van der Waals surface area (Å²) in [6.07, 6.45) is 6.00. The van der Waals surface area contributed by atoms with Crippen molar-refractivity contribution in [2.24, 2.45) is 0 Å². The highest BCUT2D eigenvalue weighted by molar-refractivity contribution is 6.34. The highest BCUT2D eigenvalue weighted by atomic mass is 35.5. The van der Waals surface area contributed by atoms with E-state index in [2.05, 4.69) is 16.6 Å². The first kappa shape index (κ1) is 22.5. The molecule has 4 rings (SSSR count). The number of terminal acetylenes is 1. The maximum absolute atomic E-state index is 12.9. The topological polar surface area (TPSA) is 94.2 Å². The molecule has 2 aliphatic rings. The van der Waals surface area contributed by atoms with E-state index in [-0.39, 0.29) is 12.5 Å².